The average molecular weight is 191 g/mol. The van der Waals surface area contributed by atoms with Crippen LogP contribution in [-0.2, 0) is 0 Å². The van der Waals surface area contributed by atoms with Crippen molar-refractivity contribution < 1.29 is 5.11 Å². The molecule has 0 unspecified atom stereocenters. The van der Waals surface area contributed by atoms with Crippen LogP contribution in [0.25, 0.3) is 0 Å². The molecule has 1 rings (SSSR count). The molecule has 0 aliphatic heterocycles. The number of aliphatic hydroxyl groups is 1. The van der Waals surface area contributed by atoms with Crippen LogP contribution < -0.4 is 5.32 Å². The smallest absolute Gasteiger partial charge is 0.101 e. The largest absolute Gasteiger partial charge is 0.396 e. The lowest BCUT2D eigenvalue weighted by Crippen LogP contribution is -2.04. The number of unbranched alkanes of at least 4 members (excludes halogenated alkanes) is 1. The van der Waals surface area contributed by atoms with E-state index >= 15 is 0 Å². The van der Waals surface area contributed by atoms with Crippen molar-refractivity contribution in [1.82, 2.24) is 4.98 Å². The predicted octanol–water partition coefficient (Wildman–Crippen LogP) is 1.14. The number of aromatic nitrogens is 1. The molecule has 0 amide bonds. The molecule has 0 aromatic carbocycles. The topological polar surface area (TPSA) is 68.9 Å². The normalized spacial score (nSPS) is 9.43. The van der Waals surface area contributed by atoms with Gasteiger partial charge in [-0.05, 0) is 18.9 Å². The molecule has 14 heavy (non-hydrogen) atoms. The zero-order valence-electron chi connectivity index (χ0n) is 7.90. The van der Waals surface area contributed by atoms with E-state index < -0.39 is 0 Å². The van der Waals surface area contributed by atoms with Gasteiger partial charge in [-0.2, -0.15) is 5.26 Å². The first-order valence-electron chi connectivity index (χ1n) is 4.57. The van der Waals surface area contributed by atoms with Gasteiger partial charge < -0.3 is 10.4 Å². The molecule has 0 aliphatic rings. The maximum Gasteiger partial charge on any atom is 0.101 e. The van der Waals surface area contributed by atoms with Gasteiger partial charge >= 0.3 is 0 Å². The Morgan fingerprint density at radius 1 is 1.50 bits per heavy atom. The Balaban J connectivity index is 2.46. The molecule has 0 saturated carbocycles. The molecule has 0 bridgehead atoms. The fourth-order valence-electron chi connectivity index (χ4n) is 1.09. The highest BCUT2D eigenvalue weighted by molar-refractivity contribution is 5.55. The zero-order valence-corrected chi connectivity index (χ0v) is 7.90. The molecule has 0 spiro atoms. The third kappa shape index (κ3) is 3.04. The molecule has 0 atom stereocenters. The van der Waals surface area contributed by atoms with Gasteiger partial charge in [-0.25, -0.2) is 0 Å². The Labute approximate surface area is 83.2 Å². The molecule has 0 fully saturated rings. The molecule has 1 heterocycles. The minimum Gasteiger partial charge on any atom is -0.396 e. The van der Waals surface area contributed by atoms with Crippen molar-refractivity contribution in [2.75, 3.05) is 18.5 Å². The highest BCUT2D eigenvalue weighted by Crippen LogP contribution is 2.11. The summed E-state index contributed by atoms with van der Waals surface area (Å²) in [5, 5.41) is 20.4. The number of pyridine rings is 1. The molecule has 74 valence electrons. The monoisotopic (exact) mass is 191 g/mol. The maximum atomic E-state index is 8.76. The average Bonchev–Trinajstić information content (AvgIpc) is 2.25. The molecule has 1 aromatic heterocycles. The summed E-state index contributed by atoms with van der Waals surface area (Å²) in [5.41, 5.74) is 1.36. The number of nitrogens with zero attached hydrogens (tertiary/aromatic N) is 2. The second kappa shape index (κ2) is 5.95. The van der Waals surface area contributed by atoms with Crippen LogP contribution in [0.5, 0.6) is 0 Å². The van der Waals surface area contributed by atoms with Crippen molar-refractivity contribution >= 4 is 5.69 Å². The molecule has 0 aliphatic carbocycles. The summed E-state index contributed by atoms with van der Waals surface area (Å²) in [7, 11) is 0. The SMILES string of the molecule is N#Cc1ccncc1NCCCCO. The summed E-state index contributed by atoms with van der Waals surface area (Å²) in [4.78, 5) is 3.93. The first-order chi connectivity index (χ1) is 6.88. The first-order valence-corrected chi connectivity index (χ1v) is 4.57. The minimum absolute atomic E-state index is 0.208. The quantitative estimate of drug-likeness (QED) is 0.685. The van der Waals surface area contributed by atoms with E-state index in [-0.39, 0.29) is 6.61 Å². The summed E-state index contributed by atoms with van der Waals surface area (Å²) >= 11 is 0. The van der Waals surface area contributed by atoms with Gasteiger partial charge in [-0.15, -0.1) is 0 Å². The van der Waals surface area contributed by atoms with Crippen LogP contribution in [-0.4, -0.2) is 23.2 Å². The summed E-state index contributed by atoms with van der Waals surface area (Å²) < 4.78 is 0. The Hall–Kier alpha value is -1.60. The third-order valence-corrected chi connectivity index (χ3v) is 1.84. The van der Waals surface area contributed by atoms with Crippen molar-refractivity contribution in [2.45, 2.75) is 12.8 Å². The van der Waals surface area contributed by atoms with Crippen molar-refractivity contribution in [3.05, 3.63) is 24.0 Å². The molecule has 2 N–H and O–H groups in total. The van der Waals surface area contributed by atoms with Gasteiger partial charge in [0.25, 0.3) is 0 Å². The number of rotatable bonds is 5. The number of aliphatic hydroxyl groups excluding tert-OH is 1. The van der Waals surface area contributed by atoms with E-state index in [1.54, 1.807) is 18.5 Å². The standard InChI is InChI=1S/C10H13N3O/c11-7-9-3-5-12-8-10(9)13-4-1-2-6-14/h3,5,8,13-14H,1-2,4,6H2. The highest BCUT2D eigenvalue weighted by Gasteiger charge is 1.98. The van der Waals surface area contributed by atoms with Crippen molar-refractivity contribution in [3.8, 4) is 6.07 Å². The lowest BCUT2D eigenvalue weighted by atomic mass is 10.2. The number of anilines is 1. The van der Waals surface area contributed by atoms with E-state index in [0.29, 0.717) is 5.56 Å². The number of nitriles is 1. The van der Waals surface area contributed by atoms with Gasteiger partial charge in [0, 0.05) is 19.3 Å². The van der Waals surface area contributed by atoms with Crippen LogP contribution in [0.1, 0.15) is 18.4 Å². The lowest BCUT2D eigenvalue weighted by molar-refractivity contribution is 0.286. The van der Waals surface area contributed by atoms with Gasteiger partial charge in [-0.1, -0.05) is 0 Å². The van der Waals surface area contributed by atoms with E-state index in [0.717, 1.165) is 25.1 Å². The van der Waals surface area contributed by atoms with E-state index in [9.17, 15) is 0 Å². The second-order valence-corrected chi connectivity index (χ2v) is 2.89. The summed E-state index contributed by atoms with van der Waals surface area (Å²) in [6, 6.07) is 3.76. The van der Waals surface area contributed by atoms with Crippen LogP contribution in [0, 0.1) is 11.3 Å². The molecule has 1 aromatic rings. The number of hydrogen-bond donors (Lipinski definition) is 2. The minimum atomic E-state index is 0.208. The third-order valence-electron chi connectivity index (χ3n) is 1.84. The predicted molar refractivity (Wildman–Crippen MR) is 53.8 cm³/mol. The van der Waals surface area contributed by atoms with Crippen LogP contribution in [0.4, 0.5) is 5.69 Å². The molecular weight excluding hydrogens is 178 g/mol. The molecule has 0 radical (unpaired) electrons. The number of nitrogens with one attached hydrogen (secondary N) is 1. The Bertz CT molecular complexity index is 319. The van der Waals surface area contributed by atoms with Crippen molar-refractivity contribution in [3.63, 3.8) is 0 Å². The zero-order chi connectivity index (χ0) is 10.2. The van der Waals surface area contributed by atoms with Crippen LogP contribution >= 0.6 is 0 Å². The van der Waals surface area contributed by atoms with Crippen molar-refractivity contribution in [2.24, 2.45) is 0 Å². The van der Waals surface area contributed by atoms with Crippen molar-refractivity contribution in [1.29, 1.82) is 5.26 Å². The highest BCUT2D eigenvalue weighted by atomic mass is 16.2. The molecule has 4 heteroatoms. The number of hydrogen-bond acceptors (Lipinski definition) is 4. The van der Waals surface area contributed by atoms with Gasteiger partial charge in [0.2, 0.25) is 0 Å². The van der Waals surface area contributed by atoms with E-state index in [2.05, 4.69) is 16.4 Å². The second-order valence-electron chi connectivity index (χ2n) is 2.89. The van der Waals surface area contributed by atoms with Gasteiger partial charge in [0.05, 0.1) is 17.4 Å². The van der Waals surface area contributed by atoms with E-state index in [1.807, 2.05) is 0 Å². The summed E-state index contributed by atoms with van der Waals surface area (Å²) in [6.07, 6.45) is 4.89. The Kier molecular flexibility index (Phi) is 4.45. The van der Waals surface area contributed by atoms with Gasteiger partial charge in [0.1, 0.15) is 6.07 Å². The molecule has 0 saturated heterocycles. The maximum absolute atomic E-state index is 8.76. The molecule has 4 nitrogen and oxygen atoms in total. The van der Waals surface area contributed by atoms with Crippen LogP contribution in [0.2, 0.25) is 0 Å². The Morgan fingerprint density at radius 3 is 3.07 bits per heavy atom. The summed E-state index contributed by atoms with van der Waals surface area (Å²) in [5.74, 6) is 0. The van der Waals surface area contributed by atoms with Gasteiger partial charge in [-0.3, -0.25) is 4.98 Å². The van der Waals surface area contributed by atoms with Crippen LogP contribution in [0.3, 0.4) is 0 Å². The fraction of sp³-hybridized carbons (Fsp3) is 0.400. The Morgan fingerprint density at radius 2 is 2.36 bits per heavy atom. The molecular formula is C10H13N3O. The van der Waals surface area contributed by atoms with E-state index in [1.165, 1.54) is 0 Å². The fourth-order valence-corrected chi connectivity index (χ4v) is 1.09. The van der Waals surface area contributed by atoms with E-state index in [4.69, 9.17) is 10.4 Å². The van der Waals surface area contributed by atoms with Gasteiger partial charge in [0.15, 0.2) is 0 Å². The van der Waals surface area contributed by atoms with Crippen LogP contribution in [0.15, 0.2) is 18.5 Å². The lowest BCUT2D eigenvalue weighted by Gasteiger charge is -2.05. The summed E-state index contributed by atoms with van der Waals surface area (Å²) in [6.45, 7) is 0.959. The first kappa shape index (κ1) is 10.5.